The Kier molecular flexibility index (Phi) is 7.45. The molecule has 2 aromatic heterocycles. The number of halogens is 1. The van der Waals surface area contributed by atoms with Crippen LogP contribution in [-0.2, 0) is 19.6 Å². The van der Waals surface area contributed by atoms with Crippen molar-refractivity contribution in [2.24, 2.45) is 0 Å². The Morgan fingerprint density at radius 3 is 2.83 bits per heavy atom. The van der Waals surface area contributed by atoms with E-state index >= 15 is 0 Å². The van der Waals surface area contributed by atoms with Gasteiger partial charge in [-0.05, 0) is 48.9 Å². The number of thiazole rings is 1. The number of aryl methyl sites for hydroxylation is 1. The highest BCUT2D eigenvalue weighted by molar-refractivity contribution is 7.91. The average Bonchev–Trinajstić information content (AvgIpc) is 3.60. The van der Waals surface area contributed by atoms with Crippen molar-refractivity contribution in [2.75, 3.05) is 50.8 Å². The first-order valence-electron chi connectivity index (χ1n) is 11.6. The van der Waals surface area contributed by atoms with Crippen molar-refractivity contribution in [1.82, 2.24) is 14.2 Å². The molecule has 0 radical (unpaired) electrons. The lowest BCUT2D eigenvalue weighted by atomic mass is 10.2. The molecule has 0 saturated carbocycles. The first-order valence-corrected chi connectivity index (χ1v) is 15.1. The van der Waals surface area contributed by atoms with Crippen LogP contribution in [0, 0.1) is 6.92 Å². The second-order valence-electron chi connectivity index (χ2n) is 8.72. The van der Waals surface area contributed by atoms with E-state index in [0.29, 0.717) is 55.8 Å². The summed E-state index contributed by atoms with van der Waals surface area (Å²) >= 11 is 8.86. The number of aromatic nitrogens is 1. The van der Waals surface area contributed by atoms with E-state index in [-0.39, 0.29) is 10.1 Å². The second-order valence-corrected chi connectivity index (χ2v) is 13.2. The number of hydrogen-bond acceptors (Lipinski definition) is 8. The topological polar surface area (TPSA) is 83.0 Å². The largest absolute Gasteiger partial charge is 0.379 e. The molecule has 2 saturated heterocycles. The molecule has 2 fully saturated rings. The van der Waals surface area contributed by atoms with Crippen LogP contribution in [0.1, 0.15) is 18.4 Å². The van der Waals surface area contributed by atoms with Gasteiger partial charge in [-0.2, -0.15) is 4.31 Å². The van der Waals surface area contributed by atoms with Crippen molar-refractivity contribution in [3.8, 4) is 0 Å². The number of hydrogen-bond donors (Lipinski definition) is 0. The Morgan fingerprint density at radius 2 is 2.09 bits per heavy atom. The van der Waals surface area contributed by atoms with Gasteiger partial charge in [-0.15, -0.1) is 11.3 Å². The van der Waals surface area contributed by atoms with Crippen molar-refractivity contribution in [2.45, 2.75) is 30.0 Å². The summed E-state index contributed by atoms with van der Waals surface area (Å²) in [4.78, 5) is 22.7. The fourth-order valence-corrected chi connectivity index (χ4v) is 8.83. The smallest absolute Gasteiger partial charge is 0.253 e. The van der Waals surface area contributed by atoms with E-state index in [4.69, 9.17) is 21.3 Å². The van der Waals surface area contributed by atoms with Gasteiger partial charge < -0.3 is 4.74 Å². The van der Waals surface area contributed by atoms with Crippen LogP contribution in [0.3, 0.4) is 0 Å². The van der Waals surface area contributed by atoms with E-state index in [0.717, 1.165) is 28.9 Å². The quantitative estimate of drug-likeness (QED) is 0.441. The fraction of sp³-hybridized carbons (Fsp3) is 0.478. The number of amides is 1. The van der Waals surface area contributed by atoms with Crippen LogP contribution in [0.15, 0.2) is 33.9 Å². The highest BCUT2D eigenvalue weighted by atomic mass is 35.5. The third-order valence-electron chi connectivity index (χ3n) is 6.43. The second kappa shape index (κ2) is 10.4. The van der Waals surface area contributed by atoms with Crippen LogP contribution in [-0.4, -0.2) is 80.5 Å². The molecule has 12 heteroatoms. The van der Waals surface area contributed by atoms with E-state index < -0.39 is 16.1 Å². The number of rotatable bonds is 7. The molecule has 0 aliphatic carbocycles. The number of carbonyl (C=O) groups excluding carboxylic acids is 1. The molecule has 188 valence electrons. The molecule has 1 aromatic carbocycles. The van der Waals surface area contributed by atoms with Crippen molar-refractivity contribution >= 4 is 65.6 Å². The molecule has 0 N–H and O–H groups in total. The maximum Gasteiger partial charge on any atom is 0.253 e. The van der Waals surface area contributed by atoms with Gasteiger partial charge in [-0.3, -0.25) is 14.6 Å². The zero-order valence-electron chi connectivity index (χ0n) is 19.4. The molecule has 0 spiro atoms. The molecule has 2 aliphatic rings. The summed E-state index contributed by atoms with van der Waals surface area (Å²) in [5.74, 6) is -0.223. The Morgan fingerprint density at radius 1 is 1.29 bits per heavy atom. The predicted molar refractivity (Wildman–Crippen MR) is 140 cm³/mol. The molecule has 1 atom stereocenters. The number of benzene rings is 1. The van der Waals surface area contributed by atoms with E-state index in [2.05, 4.69) is 4.90 Å². The lowest BCUT2D eigenvalue weighted by Crippen LogP contribution is -2.50. The average molecular weight is 555 g/mol. The van der Waals surface area contributed by atoms with Crippen LogP contribution >= 0.6 is 34.3 Å². The fourth-order valence-electron chi connectivity index (χ4n) is 4.60. The van der Waals surface area contributed by atoms with Gasteiger partial charge in [0, 0.05) is 37.7 Å². The highest BCUT2D eigenvalue weighted by Gasteiger charge is 2.42. The molecule has 8 nitrogen and oxygen atoms in total. The molecule has 1 unspecified atom stereocenters. The number of ether oxygens (including phenoxy) is 1. The van der Waals surface area contributed by atoms with E-state index in [1.807, 2.05) is 19.1 Å². The summed E-state index contributed by atoms with van der Waals surface area (Å²) in [6.07, 6.45) is 1.14. The Bertz CT molecular complexity index is 1310. The minimum atomic E-state index is -3.73. The Balaban J connectivity index is 1.47. The number of thiophene rings is 1. The van der Waals surface area contributed by atoms with Gasteiger partial charge in [-0.25, -0.2) is 13.4 Å². The molecule has 1 amide bonds. The van der Waals surface area contributed by atoms with Gasteiger partial charge >= 0.3 is 0 Å². The van der Waals surface area contributed by atoms with Gasteiger partial charge in [-0.1, -0.05) is 29.0 Å². The lowest BCUT2D eigenvalue weighted by Gasteiger charge is -2.31. The molecular weight excluding hydrogens is 528 g/mol. The van der Waals surface area contributed by atoms with Crippen molar-refractivity contribution in [3.05, 3.63) is 40.2 Å². The standard InChI is InChI=1S/C23H27ClN4O4S3/c1-16-14-17(24)15-19-21(16)25-23(34-19)27(8-7-26-9-11-32-12-10-26)22(29)18-4-2-6-28(18)35(30,31)20-5-3-13-33-20/h3,5,13-15,18H,2,4,6-12H2,1H3. The lowest BCUT2D eigenvalue weighted by molar-refractivity contribution is -0.121. The van der Waals surface area contributed by atoms with Crippen molar-refractivity contribution in [3.63, 3.8) is 0 Å². The number of sulfonamides is 1. The maximum absolute atomic E-state index is 14.0. The van der Waals surface area contributed by atoms with Gasteiger partial charge in [0.25, 0.3) is 10.0 Å². The Hall–Kier alpha value is -1.60. The molecule has 2 aliphatic heterocycles. The Labute approximate surface area is 218 Å². The van der Waals surface area contributed by atoms with Crippen molar-refractivity contribution < 1.29 is 17.9 Å². The van der Waals surface area contributed by atoms with E-state index in [9.17, 15) is 13.2 Å². The minimum Gasteiger partial charge on any atom is -0.379 e. The molecule has 35 heavy (non-hydrogen) atoms. The number of nitrogens with zero attached hydrogens (tertiary/aromatic N) is 4. The minimum absolute atomic E-state index is 0.223. The summed E-state index contributed by atoms with van der Waals surface area (Å²) in [7, 11) is -3.73. The first kappa shape index (κ1) is 25.1. The summed E-state index contributed by atoms with van der Waals surface area (Å²) in [5.41, 5.74) is 1.76. The molecular formula is C23H27ClN4O4S3. The van der Waals surface area contributed by atoms with E-state index in [1.54, 1.807) is 22.4 Å². The van der Waals surface area contributed by atoms with Gasteiger partial charge in [0.05, 0.1) is 23.4 Å². The molecule has 5 rings (SSSR count). The molecule has 3 aromatic rings. The summed E-state index contributed by atoms with van der Waals surface area (Å²) in [6.45, 7) is 6.32. The monoisotopic (exact) mass is 554 g/mol. The summed E-state index contributed by atoms with van der Waals surface area (Å²) in [6, 6.07) is 6.28. The number of anilines is 1. The molecule has 0 bridgehead atoms. The highest BCUT2D eigenvalue weighted by Crippen LogP contribution is 2.35. The predicted octanol–water partition coefficient (Wildman–Crippen LogP) is 3.84. The third-order valence-corrected chi connectivity index (χ3v) is 11.0. The van der Waals surface area contributed by atoms with Crippen LogP contribution < -0.4 is 4.90 Å². The van der Waals surface area contributed by atoms with Crippen LogP contribution in [0.4, 0.5) is 5.13 Å². The summed E-state index contributed by atoms with van der Waals surface area (Å²) in [5, 5.41) is 2.94. The number of morpholine rings is 1. The normalized spacial score (nSPS) is 20.0. The van der Waals surface area contributed by atoms with Crippen LogP contribution in [0.5, 0.6) is 0 Å². The number of carbonyl (C=O) groups is 1. The maximum atomic E-state index is 14.0. The molecule has 4 heterocycles. The number of fused-ring (bicyclic) bond motifs is 1. The zero-order valence-corrected chi connectivity index (χ0v) is 22.6. The SMILES string of the molecule is Cc1cc(Cl)cc2sc(N(CCN3CCOCC3)C(=O)C3CCCN3S(=O)(=O)c3cccs3)nc12. The van der Waals surface area contributed by atoms with E-state index in [1.165, 1.54) is 27.0 Å². The third kappa shape index (κ3) is 5.13. The van der Waals surface area contributed by atoms with Crippen LogP contribution in [0.2, 0.25) is 5.02 Å². The van der Waals surface area contributed by atoms with Crippen LogP contribution in [0.25, 0.3) is 10.2 Å². The summed E-state index contributed by atoms with van der Waals surface area (Å²) < 4.78 is 34.6. The first-order chi connectivity index (χ1) is 16.8. The van der Waals surface area contributed by atoms with Crippen molar-refractivity contribution in [1.29, 1.82) is 0 Å². The van der Waals surface area contributed by atoms with Gasteiger partial charge in [0.1, 0.15) is 10.3 Å². The van der Waals surface area contributed by atoms with Gasteiger partial charge in [0.15, 0.2) is 5.13 Å². The van der Waals surface area contributed by atoms with Gasteiger partial charge in [0.2, 0.25) is 5.91 Å². The zero-order chi connectivity index (χ0) is 24.6.